The summed E-state index contributed by atoms with van der Waals surface area (Å²) in [4.78, 5) is 3.67. The van der Waals surface area contributed by atoms with E-state index in [-0.39, 0.29) is 5.82 Å². The molecule has 0 radical (unpaired) electrons. The maximum atomic E-state index is 13.3. The lowest BCUT2D eigenvalue weighted by Gasteiger charge is -1.99. The summed E-state index contributed by atoms with van der Waals surface area (Å²) in [6.45, 7) is 1.79. The first-order valence-corrected chi connectivity index (χ1v) is 4.10. The highest BCUT2D eigenvalue weighted by atomic mass is 19.1. The molecule has 0 bridgehead atoms. The summed E-state index contributed by atoms with van der Waals surface area (Å²) in [5.74, 6) is -0.00420. The summed E-state index contributed by atoms with van der Waals surface area (Å²) in [6.07, 6.45) is 2.68. The molecular formula is C9H9FN4. The van der Waals surface area contributed by atoms with Gasteiger partial charge >= 0.3 is 0 Å². The van der Waals surface area contributed by atoms with Crippen LogP contribution in [0.4, 0.5) is 10.2 Å². The SMILES string of the molecule is Cc1c(N)n[nH]c1-c1ccncc1F. The first-order valence-electron chi connectivity index (χ1n) is 4.10. The maximum absolute atomic E-state index is 13.3. The number of nitrogens with zero attached hydrogens (tertiary/aromatic N) is 2. The van der Waals surface area contributed by atoms with E-state index >= 15 is 0 Å². The Bertz CT molecular complexity index is 464. The number of halogens is 1. The number of aromatic amines is 1. The van der Waals surface area contributed by atoms with Crippen LogP contribution in [-0.4, -0.2) is 15.2 Å². The smallest absolute Gasteiger partial charge is 0.150 e. The average molecular weight is 192 g/mol. The van der Waals surface area contributed by atoms with Gasteiger partial charge in [0.05, 0.1) is 11.9 Å². The highest BCUT2D eigenvalue weighted by Crippen LogP contribution is 2.25. The molecule has 14 heavy (non-hydrogen) atoms. The van der Waals surface area contributed by atoms with Crippen molar-refractivity contribution >= 4 is 5.82 Å². The van der Waals surface area contributed by atoms with Crippen molar-refractivity contribution < 1.29 is 4.39 Å². The number of hydrogen-bond acceptors (Lipinski definition) is 3. The Morgan fingerprint density at radius 1 is 1.50 bits per heavy atom. The molecule has 72 valence electrons. The molecule has 0 unspecified atom stereocenters. The van der Waals surface area contributed by atoms with Crippen LogP contribution in [0, 0.1) is 12.7 Å². The average Bonchev–Trinajstić information content (AvgIpc) is 2.49. The summed E-state index contributed by atoms with van der Waals surface area (Å²) in [5.41, 5.74) is 7.32. The zero-order chi connectivity index (χ0) is 10.1. The molecule has 0 atom stereocenters. The third-order valence-electron chi connectivity index (χ3n) is 2.09. The Kier molecular flexibility index (Phi) is 1.92. The minimum Gasteiger partial charge on any atom is -0.382 e. The standard InChI is InChI=1S/C9H9FN4/c1-5-8(13-14-9(5)11)6-2-3-12-4-7(6)10/h2-4H,1H3,(H3,11,13,14). The van der Waals surface area contributed by atoms with E-state index < -0.39 is 0 Å². The zero-order valence-corrected chi connectivity index (χ0v) is 7.58. The third kappa shape index (κ3) is 1.22. The van der Waals surface area contributed by atoms with Crippen molar-refractivity contribution in [3.05, 3.63) is 29.8 Å². The van der Waals surface area contributed by atoms with Crippen molar-refractivity contribution in [3.63, 3.8) is 0 Å². The fourth-order valence-electron chi connectivity index (χ4n) is 1.25. The van der Waals surface area contributed by atoms with E-state index in [2.05, 4.69) is 15.2 Å². The molecule has 0 aliphatic carbocycles. The number of nitrogens with one attached hydrogen (secondary N) is 1. The molecule has 2 aromatic rings. The number of nitrogen functional groups attached to an aromatic ring is 1. The quantitative estimate of drug-likeness (QED) is 0.719. The fourth-order valence-corrected chi connectivity index (χ4v) is 1.25. The number of pyridine rings is 1. The van der Waals surface area contributed by atoms with Crippen LogP contribution in [0.5, 0.6) is 0 Å². The van der Waals surface area contributed by atoms with Crippen LogP contribution in [0.25, 0.3) is 11.3 Å². The number of anilines is 1. The summed E-state index contributed by atoms with van der Waals surface area (Å²) < 4.78 is 13.3. The van der Waals surface area contributed by atoms with E-state index in [4.69, 9.17) is 5.73 Å². The second-order valence-corrected chi connectivity index (χ2v) is 2.96. The first kappa shape index (κ1) is 8.68. The molecule has 0 saturated heterocycles. The summed E-state index contributed by atoms with van der Waals surface area (Å²) in [6, 6.07) is 1.58. The molecule has 0 aliphatic heterocycles. The number of hydrogen-bond donors (Lipinski definition) is 2. The van der Waals surface area contributed by atoms with E-state index in [1.165, 1.54) is 6.20 Å². The van der Waals surface area contributed by atoms with E-state index in [0.29, 0.717) is 17.1 Å². The van der Waals surface area contributed by atoms with E-state index in [0.717, 1.165) is 11.8 Å². The van der Waals surface area contributed by atoms with Gasteiger partial charge in [0, 0.05) is 17.3 Å². The third-order valence-corrected chi connectivity index (χ3v) is 2.09. The van der Waals surface area contributed by atoms with E-state index in [9.17, 15) is 4.39 Å². The van der Waals surface area contributed by atoms with Gasteiger partial charge < -0.3 is 5.73 Å². The van der Waals surface area contributed by atoms with Gasteiger partial charge in [0.15, 0.2) is 5.82 Å². The molecule has 5 heteroatoms. The molecule has 2 heterocycles. The van der Waals surface area contributed by atoms with Crippen LogP contribution < -0.4 is 5.73 Å². The van der Waals surface area contributed by atoms with Crippen LogP contribution in [-0.2, 0) is 0 Å². The van der Waals surface area contributed by atoms with Gasteiger partial charge in [-0.2, -0.15) is 5.10 Å². The lowest BCUT2D eigenvalue weighted by Crippen LogP contribution is -1.89. The van der Waals surface area contributed by atoms with Crippen molar-refractivity contribution in [3.8, 4) is 11.3 Å². The number of H-pyrrole nitrogens is 1. The molecule has 0 fully saturated rings. The number of aromatic nitrogens is 3. The molecule has 2 rings (SSSR count). The molecule has 0 spiro atoms. The number of rotatable bonds is 1. The highest BCUT2D eigenvalue weighted by molar-refractivity contribution is 5.67. The molecular weight excluding hydrogens is 183 g/mol. The lowest BCUT2D eigenvalue weighted by atomic mass is 10.1. The van der Waals surface area contributed by atoms with Gasteiger partial charge in [-0.3, -0.25) is 10.1 Å². The van der Waals surface area contributed by atoms with Gasteiger partial charge in [-0.15, -0.1) is 0 Å². The Morgan fingerprint density at radius 3 is 2.86 bits per heavy atom. The monoisotopic (exact) mass is 192 g/mol. The minimum absolute atomic E-state index is 0.385. The highest BCUT2D eigenvalue weighted by Gasteiger charge is 2.11. The molecule has 0 aliphatic rings. The molecule has 0 aromatic carbocycles. The predicted octanol–water partition coefficient (Wildman–Crippen LogP) is 1.50. The van der Waals surface area contributed by atoms with Crippen LogP contribution in [0.2, 0.25) is 0 Å². The Balaban J connectivity index is 2.60. The van der Waals surface area contributed by atoms with Crippen LogP contribution in [0.1, 0.15) is 5.56 Å². The minimum atomic E-state index is -0.390. The predicted molar refractivity (Wildman–Crippen MR) is 50.9 cm³/mol. The summed E-state index contributed by atoms with van der Waals surface area (Å²) in [5, 5.41) is 6.49. The molecule has 4 nitrogen and oxygen atoms in total. The van der Waals surface area contributed by atoms with Gasteiger partial charge in [0.1, 0.15) is 5.82 Å². The van der Waals surface area contributed by atoms with Crippen molar-refractivity contribution in [2.45, 2.75) is 6.92 Å². The molecule has 0 saturated carbocycles. The van der Waals surface area contributed by atoms with Gasteiger partial charge in [0.25, 0.3) is 0 Å². The molecule has 3 N–H and O–H groups in total. The Labute approximate surface area is 80.0 Å². The fraction of sp³-hybridized carbons (Fsp3) is 0.111. The topological polar surface area (TPSA) is 67.6 Å². The Morgan fingerprint density at radius 2 is 2.29 bits per heavy atom. The second kappa shape index (κ2) is 3.10. The molecule has 0 amide bonds. The Hall–Kier alpha value is -1.91. The maximum Gasteiger partial charge on any atom is 0.150 e. The van der Waals surface area contributed by atoms with Crippen LogP contribution in [0.15, 0.2) is 18.5 Å². The van der Waals surface area contributed by atoms with Gasteiger partial charge in [-0.05, 0) is 13.0 Å². The van der Waals surface area contributed by atoms with Crippen molar-refractivity contribution in [2.75, 3.05) is 5.73 Å². The number of nitrogens with two attached hydrogens (primary N) is 1. The lowest BCUT2D eigenvalue weighted by molar-refractivity contribution is 0.624. The van der Waals surface area contributed by atoms with Crippen LogP contribution in [0.3, 0.4) is 0 Å². The van der Waals surface area contributed by atoms with Crippen molar-refractivity contribution in [2.24, 2.45) is 0 Å². The largest absolute Gasteiger partial charge is 0.382 e. The van der Waals surface area contributed by atoms with Crippen LogP contribution >= 0.6 is 0 Å². The van der Waals surface area contributed by atoms with E-state index in [1.807, 2.05) is 0 Å². The van der Waals surface area contributed by atoms with E-state index in [1.54, 1.807) is 13.0 Å². The van der Waals surface area contributed by atoms with Gasteiger partial charge in [0.2, 0.25) is 0 Å². The normalized spacial score (nSPS) is 10.4. The zero-order valence-electron chi connectivity index (χ0n) is 7.58. The molecule has 2 aromatic heterocycles. The van der Waals surface area contributed by atoms with Crippen molar-refractivity contribution in [1.29, 1.82) is 0 Å². The summed E-state index contributed by atoms with van der Waals surface area (Å²) >= 11 is 0. The second-order valence-electron chi connectivity index (χ2n) is 2.96. The first-order chi connectivity index (χ1) is 6.70. The van der Waals surface area contributed by atoms with Crippen molar-refractivity contribution in [1.82, 2.24) is 15.2 Å². The van der Waals surface area contributed by atoms with Gasteiger partial charge in [-0.25, -0.2) is 4.39 Å². The summed E-state index contributed by atoms with van der Waals surface area (Å²) in [7, 11) is 0. The van der Waals surface area contributed by atoms with Gasteiger partial charge in [-0.1, -0.05) is 0 Å².